The molecule has 0 spiro atoms. The van der Waals surface area contributed by atoms with Gasteiger partial charge in [0.05, 0.1) is 13.2 Å². The highest BCUT2D eigenvalue weighted by molar-refractivity contribution is 5.78. The van der Waals surface area contributed by atoms with Crippen molar-refractivity contribution in [2.45, 2.75) is 40.0 Å². The third-order valence-electron chi connectivity index (χ3n) is 3.81. The van der Waals surface area contributed by atoms with Crippen LogP contribution < -0.4 is 0 Å². The molecule has 0 aromatic rings. The van der Waals surface area contributed by atoms with E-state index in [4.69, 9.17) is 4.74 Å². The first-order valence-electron chi connectivity index (χ1n) is 7.69. The van der Waals surface area contributed by atoms with E-state index in [2.05, 4.69) is 11.8 Å². The molecule has 1 saturated heterocycles. The fourth-order valence-corrected chi connectivity index (χ4v) is 2.37. The van der Waals surface area contributed by atoms with E-state index in [1.54, 1.807) is 0 Å². The largest absolute Gasteiger partial charge is 0.381 e. The van der Waals surface area contributed by atoms with Crippen molar-refractivity contribution in [3.05, 3.63) is 0 Å². The standard InChI is InChI=1S/C13H24N2O2.C2H6/c1-3-8-17-11-13(4-5-13)10-15-7-6-14(2)12(16)9-15;1-2/h3-11H2,1-2H3;1-2H3. The summed E-state index contributed by atoms with van der Waals surface area (Å²) >= 11 is 0. The van der Waals surface area contributed by atoms with Crippen LogP contribution >= 0.6 is 0 Å². The molecule has 1 heterocycles. The molecule has 1 amide bonds. The highest BCUT2D eigenvalue weighted by atomic mass is 16.5. The van der Waals surface area contributed by atoms with Gasteiger partial charge in [-0.05, 0) is 19.3 Å². The molecule has 2 rings (SSSR count). The van der Waals surface area contributed by atoms with Gasteiger partial charge in [-0.25, -0.2) is 0 Å². The lowest BCUT2D eigenvalue weighted by Crippen LogP contribution is -2.50. The molecule has 4 nitrogen and oxygen atoms in total. The summed E-state index contributed by atoms with van der Waals surface area (Å²) in [5, 5.41) is 0. The number of ether oxygens (including phenoxy) is 1. The molecule has 19 heavy (non-hydrogen) atoms. The van der Waals surface area contributed by atoms with Crippen molar-refractivity contribution in [2.24, 2.45) is 5.41 Å². The number of amides is 1. The first-order chi connectivity index (χ1) is 9.15. The van der Waals surface area contributed by atoms with Crippen LogP contribution in [0.25, 0.3) is 0 Å². The molecule has 1 aliphatic carbocycles. The number of carbonyl (C=O) groups excluding carboxylic acids is 1. The number of hydrogen-bond acceptors (Lipinski definition) is 3. The van der Waals surface area contributed by atoms with Crippen LogP contribution in [0.5, 0.6) is 0 Å². The SMILES string of the molecule is CC.CCCOCC1(CN2CCN(C)C(=O)C2)CC1. The average Bonchev–Trinajstić information content (AvgIpc) is 3.17. The van der Waals surface area contributed by atoms with E-state index in [9.17, 15) is 4.79 Å². The fraction of sp³-hybridized carbons (Fsp3) is 0.933. The Bertz CT molecular complexity index is 277. The van der Waals surface area contributed by atoms with Gasteiger partial charge in [0.15, 0.2) is 0 Å². The Morgan fingerprint density at radius 2 is 1.95 bits per heavy atom. The smallest absolute Gasteiger partial charge is 0.236 e. The van der Waals surface area contributed by atoms with Crippen LogP contribution in [0.4, 0.5) is 0 Å². The zero-order chi connectivity index (χ0) is 14.3. The summed E-state index contributed by atoms with van der Waals surface area (Å²) in [7, 11) is 1.89. The highest BCUT2D eigenvalue weighted by Crippen LogP contribution is 2.46. The average molecular weight is 270 g/mol. The molecule has 0 bridgehead atoms. The van der Waals surface area contributed by atoms with E-state index in [1.165, 1.54) is 12.8 Å². The van der Waals surface area contributed by atoms with Crippen molar-refractivity contribution in [2.75, 3.05) is 46.4 Å². The minimum Gasteiger partial charge on any atom is -0.381 e. The predicted octanol–water partition coefficient (Wildman–Crippen LogP) is 1.99. The summed E-state index contributed by atoms with van der Waals surface area (Å²) < 4.78 is 5.68. The van der Waals surface area contributed by atoms with Crippen molar-refractivity contribution in [3.63, 3.8) is 0 Å². The molecule has 0 radical (unpaired) electrons. The van der Waals surface area contributed by atoms with Gasteiger partial charge in [-0.15, -0.1) is 0 Å². The van der Waals surface area contributed by atoms with Gasteiger partial charge in [0.2, 0.25) is 5.91 Å². The van der Waals surface area contributed by atoms with E-state index < -0.39 is 0 Å². The molecule has 112 valence electrons. The van der Waals surface area contributed by atoms with Crippen LogP contribution in [-0.4, -0.2) is 62.1 Å². The Morgan fingerprint density at radius 3 is 2.47 bits per heavy atom. The summed E-state index contributed by atoms with van der Waals surface area (Å²) in [5.41, 5.74) is 0.366. The number of likely N-dealkylation sites (N-methyl/N-ethyl adjacent to an activating group) is 1. The van der Waals surface area contributed by atoms with Crippen molar-refractivity contribution in [1.29, 1.82) is 0 Å². The van der Waals surface area contributed by atoms with Crippen molar-refractivity contribution < 1.29 is 9.53 Å². The van der Waals surface area contributed by atoms with Gasteiger partial charge >= 0.3 is 0 Å². The van der Waals surface area contributed by atoms with E-state index in [0.717, 1.165) is 39.3 Å². The maximum absolute atomic E-state index is 11.6. The molecule has 0 aromatic heterocycles. The second kappa shape index (κ2) is 7.85. The lowest BCUT2D eigenvalue weighted by Gasteiger charge is -2.34. The monoisotopic (exact) mass is 270 g/mol. The Labute approximate surface area is 118 Å². The van der Waals surface area contributed by atoms with Gasteiger partial charge in [-0.2, -0.15) is 0 Å². The van der Waals surface area contributed by atoms with Crippen LogP contribution in [0.3, 0.4) is 0 Å². The zero-order valence-electron chi connectivity index (χ0n) is 13.1. The normalized spacial score (nSPS) is 21.9. The second-order valence-corrected chi connectivity index (χ2v) is 5.58. The molecule has 4 heteroatoms. The van der Waals surface area contributed by atoms with Crippen LogP contribution in [-0.2, 0) is 9.53 Å². The van der Waals surface area contributed by atoms with E-state index in [0.29, 0.717) is 12.0 Å². The van der Waals surface area contributed by atoms with Crippen LogP contribution in [0.1, 0.15) is 40.0 Å². The van der Waals surface area contributed by atoms with Crippen LogP contribution in [0.2, 0.25) is 0 Å². The van der Waals surface area contributed by atoms with Crippen molar-refractivity contribution in [1.82, 2.24) is 9.80 Å². The van der Waals surface area contributed by atoms with E-state index in [1.807, 2.05) is 25.8 Å². The summed E-state index contributed by atoms with van der Waals surface area (Å²) in [6.45, 7) is 11.4. The van der Waals surface area contributed by atoms with Gasteiger partial charge in [-0.3, -0.25) is 9.69 Å². The maximum Gasteiger partial charge on any atom is 0.236 e. The van der Waals surface area contributed by atoms with Gasteiger partial charge < -0.3 is 9.64 Å². The summed E-state index contributed by atoms with van der Waals surface area (Å²) in [6, 6.07) is 0. The lowest BCUT2D eigenvalue weighted by atomic mass is 10.1. The second-order valence-electron chi connectivity index (χ2n) is 5.58. The van der Waals surface area contributed by atoms with E-state index >= 15 is 0 Å². The van der Waals surface area contributed by atoms with Crippen LogP contribution in [0.15, 0.2) is 0 Å². The van der Waals surface area contributed by atoms with Gasteiger partial charge in [0, 0.05) is 38.7 Å². The Hall–Kier alpha value is -0.610. The third kappa shape index (κ3) is 5.11. The molecule has 0 unspecified atom stereocenters. The number of nitrogens with zero attached hydrogens (tertiary/aromatic N) is 2. The Morgan fingerprint density at radius 1 is 1.26 bits per heavy atom. The molecule has 0 atom stereocenters. The molecule has 0 aromatic carbocycles. The van der Waals surface area contributed by atoms with Crippen molar-refractivity contribution in [3.8, 4) is 0 Å². The topological polar surface area (TPSA) is 32.8 Å². The summed E-state index contributed by atoms with van der Waals surface area (Å²) in [6.07, 6.45) is 3.61. The summed E-state index contributed by atoms with van der Waals surface area (Å²) in [4.78, 5) is 15.7. The number of piperazine rings is 1. The number of rotatable bonds is 6. The first-order valence-corrected chi connectivity index (χ1v) is 7.69. The van der Waals surface area contributed by atoms with Gasteiger partial charge in [-0.1, -0.05) is 20.8 Å². The van der Waals surface area contributed by atoms with Gasteiger partial charge in [0.25, 0.3) is 0 Å². The number of carbonyl (C=O) groups is 1. The molecule has 2 fully saturated rings. The predicted molar refractivity (Wildman–Crippen MR) is 78.2 cm³/mol. The molecule has 1 saturated carbocycles. The quantitative estimate of drug-likeness (QED) is 0.692. The Balaban J connectivity index is 0.000000861. The first kappa shape index (κ1) is 16.4. The minimum atomic E-state index is 0.251. The van der Waals surface area contributed by atoms with Crippen LogP contribution in [0, 0.1) is 5.41 Å². The van der Waals surface area contributed by atoms with Crippen molar-refractivity contribution >= 4 is 5.91 Å². The molecule has 2 aliphatic rings. The van der Waals surface area contributed by atoms with Gasteiger partial charge in [0.1, 0.15) is 0 Å². The Kier molecular flexibility index (Phi) is 6.80. The molecular weight excluding hydrogens is 240 g/mol. The number of hydrogen-bond donors (Lipinski definition) is 0. The zero-order valence-corrected chi connectivity index (χ0v) is 13.1. The minimum absolute atomic E-state index is 0.251. The molecule has 1 aliphatic heterocycles. The molecular formula is C15H30N2O2. The summed E-state index contributed by atoms with van der Waals surface area (Å²) in [5.74, 6) is 0.251. The molecule has 0 N–H and O–H groups in total. The fourth-order valence-electron chi connectivity index (χ4n) is 2.37. The maximum atomic E-state index is 11.6. The lowest BCUT2D eigenvalue weighted by molar-refractivity contribution is -0.134. The van der Waals surface area contributed by atoms with E-state index in [-0.39, 0.29) is 5.91 Å². The highest BCUT2D eigenvalue weighted by Gasteiger charge is 2.44. The third-order valence-corrected chi connectivity index (χ3v) is 3.81.